The first-order valence-corrected chi connectivity index (χ1v) is 16.8. The number of hydrogen-bond donors (Lipinski definition) is 1. The third-order valence-corrected chi connectivity index (χ3v) is 8.39. The van der Waals surface area contributed by atoms with E-state index in [1.807, 2.05) is 0 Å². The van der Waals surface area contributed by atoms with E-state index in [1.165, 1.54) is 166 Å². The Hall–Kier alpha value is -0.790. The van der Waals surface area contributed by atoms with E-state index < -0.39 is 0 Å². The maximum absolute atomic E-state index is 3.66. The Morgan fingerprint density at radius 3 is 1.42 bits per heavy atom. The van der Waals surface area contributed by atoms with Gasteiger partial charge in [0.25, 0.3) is 5.82 Å². The van der Waals surface area contributed by atoms with Crippen LogP contribution in [0, 0.1) is 0 Å². The van der Waals surface area contributed by atoms with Crippen molar-refractivity contribution in [2.75, 3.05) is 0 Å². The molecule has 1 aromatic heterocycles. The van der Waals surface area contributed by atoms with Crippen molar-refractivity contribution in [3.8, 4) is 0 Å². The molecular weight excluding hydrogens is 436 g/mol. The Morgan fingerprint density at radius 1 is 0.528 bits per heavy atom. The molecule has 1 heterocycles. The van der Waals surface area contributed by atoms with Crippen LogP contribution in [0.3, 0.4) is 0 Å². The molecule has 0 amide bonds. The SMILES string of the molecule is CCCCCCCCCCCCCCCCCCC(CCCC)c1[nH]cc[n+]1C(C)CCCCCC. The molecule has 0 fully saturated rings. The Bertz CT molecular complexity index is 563. The third-order valence-electron chi connectivity index (χ3n) is 8.39. The smallest absolute Gasteiger partial charge is 0.247 e. The number of aromatic amines is 1. The van der Waals surface area contributed by atoms with Crippen LogP contribution in [0.15, 0.2) is 12.4 Å². The van der Waals surface area contributed by atoms with Crippen molar-refractivity contribution in [2.24, 2.45) is 0 Å². The summed E-state index contributed by atoms with van der Waals surface area (Å²) in [4.78, 5) is 3.66. The molecule has 0 aliphatic carbocycles. The molecule has 2 heteroatoms. The second kappa shape index (κ2) is 24.5. The highest BCUT2D eigenvalue weighted by Crippen LogP contribution is 2.26. The van der Waals surface area contributed by atoms with Gasteiger partial charge in [0.2, 0.25) is 0 Å². The molecule has 1 aromatic rings. The van der Waals surface area contributed by atoms with Gasteiger partial charge in [-0.15, -0.1) is 0 Å². The summed E-state index contributed by atoms with van der Waals surface area (Å²) in [5.41, 5.74) is 0. The standard InChI is InChI=1S/C34H66N2/c1-5-8-11-13-14-15-16-17-18-19-20-21-22-23-24-26-29-33(28-10-7-3)34-35-30-31-36(34)32(4)27-25-12-9-6-2/h30-33H,5-29H2,1-4H3/p+1. The number of imidazole rings is 1. The van der Waals surface area contributed by atoms with E-state index in [4.69, 9.17) is 0 Å². The van der Waals surface area contributed by atoms with Crippen molar-refractivity contribution in [3.63, 3.8) is 0 Å². The first-order chi connectivity index (χ1) is 17.7. The minimum atomic E-state index is 0.623. The predicted molar refractivity (Wildman–Crippen MR) is 161 cm³/mol. The average Bonchev–Trinajstić information content (AvgIpc) is 3.38. The fourth-order valence-corrected chi connectivity index (χ4v) is 5.88. The van der Waals surface area contributed by atoms with E-state index in [9.17, 15) is 0 Å². The maximum Gasteiger partial charge on any atom is 0.257 e. The van der Waals surface area contributed by atoms with Crippen molar-refractivity contribution in [1.82, 2.24) is 4.98 Å². The van der Waals surface area contributed by atoms with Crippen molar-refractivity contribution in [3.05, 3.63) is 18.2 Å². The monoisotopic (exact) mass is 504 g/mol. The van der Waals surface area contributed by atoms with Gasteiger partial charge in [-0.3, -0.25) is 0 Å². The number of rotatable bonds is 27. The van der Waals surface area contributed by atoms with Gasteiger partial charge < -0.3 is 0 Å². The van der Waals surface area contributed by atoms with E-state index in [1.54, 1.807) is 0 Å². The van der Waals surface area contributed by atoms with Crippen molar-refractivity contribution in [2.45, 2.75) is 200 Å². The molecule has 0 saturated heterocycles. The molecule has 0 bridgehead atoms. The van der Waals surface area contributed by atoms with Gasteiger partial charge in [-0.2, -0.15) is 0 Å². The van der Waals surface area contributed by atoms with Crippen LogP contribution in [0.5, 0.6) is 0 Å². The number of aromatic nitrogens is 2. The van der Waals surface area contributed by atoms with Crippen LogP contribution >= 0.6 is 0 Å². The third kappa shape index (κ3) is 16.9. The zero-order valence-electron chi connectivity index (χ0n) is 25.4. The highest BCUT2D eigenvalue weighted by atomic mass is 15.1. The summed E-state index contributed by atoms with van der Waals surface area (Å²) in [5.74, 6) is 2.22. The molecule has 212 valence electrons. The van der Waals surface area contributed by atoms with Crippen molar-refractivity contribution < 1.29 is 4.57 Å². The summed E-state index contributed by atoms with van der Waals surface area (Å²) >= 11 is 0. The van der Waals surface area contributed by atoms with E-state index in [2.05, 4.69) is 49.6 Å². The van der Waals surface area contributed by atoms with Crippen LogP contribution in [0.2, 0.25) is 0 Å². The predicted octanol–water partition coefficient (Wildman–Crippen LogP) is 11.8. The largest absolute Gasteiger partial charge is 0.257 e. The zero-order chi connectivity index (χ0) is 26.1. The van der Waals surface area contributed by atoms with Gasteiger partial charge in [-0.25, -0.2) is 9.55 Å². The molecule has 0 saturated carbocycles. The van der Waals surface area contributed by atoms with Crippen LogP contribution in [0.25, 0.3) is 0 Å². The molecule has 36 heavy (non-hydrogen) atoms. The van der Waals surface area contributed by atoms with Crippen molar-refractivity contribution in [1.29, 1.82) is 0 Å². The molecule has 2 nitrogen and oxygen atoms in total. The molecule has 2 unspecified atom stereocenters. The fraction of sp³-hybridized carbons (Fsp3) is 0.912. The number of nitrogens with zero attached hydrogens (tertiary/aromatic N) is 1. The van der Waals surface area contributed by atoms with E-state index >= 15 is 0 Å². The van der Waals surface area contributed by atoms with E-state index in [0.717, 1.165) is 0 Å². The number of hydrogen-bond acceptors (Lipinski definition) is 0. The Balaban J connectivity index is 2.15. The van der Waals surface area contributed by atoms with E-state index in [-0.39, 0.29) is 0 Å². The number of H-pyrrole nitrogens is 1. The van der Waals surface area contributed by atoms with Gasteiger partial charge in [-0.1, -0.05) is 156 Å². The summed E-state index contributed by atoms with van der Waals surface area (Å²) in [6.07, 6.45) is 39.9. The van der Waals surface area contributed by atoms with Crippen LogP contribution in [-0.2, 0) is 0 Å². The Kier molecular flexibility index (Phi) is 22.7. The molecule has 2 atom stereocenters. The summed E-state index contributed by atoms with van der Waals surface area (Å²) in [6, 6.07) is 0.623. The Morgan fingerprint density at radius 2 is 0.917 bits per heavy atom. The van der Waals surface area contributed by atoms with Gasteiger partial charge in [0.15, 0.2) is 0 Å². The molecule has 1 N–H and O–H groups in total. The lowest BCUT2D eigenvalue weighted by molar-refractivity contribution is -0.727. The van der Waals surface area contributed by atoms with Gasteiger partial charge in [0, 0.05) is 0 Å². The van der Waals surface area contributed by atoms with Gasteiger partial charge in [0.05, 0.1) is 12.0 Å². The van der Waals surface area contributed by atoms with Gasteiger partial charge in [-0.05, 0) is 32.6 Å². The molecule has 1 rings (SSSR count). The number of nitrogens with one attached hydrogen (secondary N) is 1. The normalized spacial score (nSPS) is 13.3. The van der Waals surface area contributed by atoms with Crippen molar-refractivity contribution >= 4 is 0 Å². The van der Waals surface area contributed by atoms with Crippen LogP contribution in [0.4, 0.5) is 0 Å². The molecule has 0 aromatic carbocycles. The molecular formula is C34H67N2+. The quantitative estimate of drug-likeness (QED) is 0.0909. The molecule has 0 spiro atoms. The summed E-state index contributed by atoms with van der Waals surface area (Å²) in [5, 5.41) is 0. The minimum absolute atomic E-state index is 0.623. The van der Waals surface area contributed by atoms with Crippen LogP contribution < -0.4 is 4.57 Å². The molecule has 0 aliphatic rings. The first kappa shape index (κ1) is 33.2. The van der Waals surface area contributed by atoms with E-state index in [0.29, 0.717) is 12.0 Å². The topological polar surface area (TPSA) is 19.7 Å². The fourth-order valence-electron chi connectivity index (χ4n) is 5.88. The highest BCUT2D eigenvalue weighted by molar-refractivity contribution is 4.90. The zero-order valence-corrected chi connectivity index (χ0v) is 25.4. The molecule has 0 radical (unpaired) electrons. The lowest BCUT2D eigenvalue weighted by atomic mass is 9.93. The second-order valence-corrected chi connectivity index (χ2v) is 11.9. The van der Waals surface area contributed by atoms with Gasteiger partial charge >= 0.3 is 0 Å². The summed E-state index contributed by atoms with van der Waals surface area (Å²) in [6.45, 7) is 9.37. The summed E-state index contributed by atoms with van der Waals surface area (Å²) < 4.78 is 2.58. The second-order valence-electron chi connectivity index (χ2n) is 11.9. The van der Waals surface area contributed by atoms with Crippen LogP contribution in [0.1, 0.15) is 206 Å². The number of unbranched alkanes of at least 4 members (excludes halogenated alkanes) is 19. The first-order valence-electron chi connectivity index (χ1n) is 16.8. The minimum Gasteiger partial charge on any atom is -0.247 e. The lowest BCUT2D eigenvalue weighted by Crippen LogP contribution is -2.41. The molecule has 0 aliphatic heterocycles. The lowest BCUT2D eigenvalue weighted by Gasteiger charge is -2.17. The average molecular weight is 504 g/mol. The highest BCUT2D eigenvalue weighted by Gasteiger charge is 2.25. The summed E-state index contributed by atoms with van der Waals surface area (Å²) in [7, 11) is 0. The Labute approximate surface area is 227 Å². The maximum atomic E-state index is 3.66. The van der Waals surface area contributed by atoms with Crippen LogP contribution in [-0.4, -0.2) is 4.98 Å². The van der Waals surface area contributed by atoms with Gasteiger partial charge in [0.1, 0.15) is 12.4 Å².